The van der Waals surface area contributed by atoms with Crippen LogP contribution in [0.15, 0.2) is 36.5 Å². The van der Waals surface area contributed by atoms with E-state index in [0.29, 0.717) is 23.8 Å². The lowest BCUT2D eigenvalue weighted by atomic mass is 10.1. The van der Waals surface area contributed by atoms with Crippen LogP contribution in [-0.2, 0) is 14.1 Å². The van der Waals surface area contributed by atoms with E-state index in [1.165, 1.54) is 11.9 Å². The Labute approximate surface area is 222 Å². The number of nitrogens with one attached hydrogen (secondary N) is 3. The molecule has 2 aromatic heterocycles. The first-order valence-corrected chi connectivity index (χ1v) is 14.3. The second kappa shape index (κ2) is 11.9. The average Bonchev–Trinajstić information content (AvgIpc) is 3.45. The number of aryl methyl sites for hydroxylation is 1. The summed E-state index contributed by atoms with van der Waals surface area (Å²) in [7, 11) is -1.60. The van der Waals surface area contributed by atoms with Crippen molar-refractivity contribution in [3.05, 3.63) is 42.1 Å². The fourth-order valence-electron chi connectivity index (χ4n) is 4.00. The number of nitrogens with two attached hydrogens (primary N) is 1. The van der Waals surface area contributed by atoms with E-state index in [9.17, 15) is 4.79 Å². The second-order valence-corrected chi connectivity index (χ2v) is 11.4. The highest BCUT2D eigenvalue weighted by Gasteiger charge is 2.36. The van der Waals surface area contributed by atoms with E-state index in [2.05, 4.69) is 32.2 Å². The molecule has 1 aromatic carbocycles. The molecular formula is C24H34N7O4PS. The highest BCUT2D eigenvalue weighted by Crippen LogP contribution is 2.41. The first-order valence-electron chi connectivity index (χ1n) is 11.9. The highest BCUT2D eigenvalue weighted by atomic mass is 32.2. The molecule has 200 valence electrons. The number of hydrazine groups is 1. The molecule has 4 unspecified atom stereocenters. The average molecular weight is 548 g/mol. The van der Waals surface area contributed by atoms with Crippen LogP contribution in [0.5, 0.6) is 5.75 Å². The van der Waals surface area contributed by atoms with E-state index in [0.717, 1.165) is 23.7 Å². The van der Waals surface area contributed by atoms with Crippen molar-refractivity contribution in [1.29, 1.82) is 0 Å². The quantitative estimate of drug-likeness (QED) is 0.112. The molecule has 1 aliphatic heterocycles. The zero-order valence-corrected chi connectivity index (χ0v) is 23.3. The normalized spacial score (nSPS) is 20.7. The van der Waals surface area contributed by atoms with E-state index in [1.807, 2.05) is 54.3 Å². The van der Waals surface area contributed by atoms with Crippen molar-refractivity contribution in [3.8, 4) is 5.75 Å². The maximum absolute atomic E-state index is 11.5. The Hall–Kier alpha value is -2.47. The Morgan fingerprint density at radius 3 is 2.76 bits per heavy atom. The van der Waals surface area contributed by atoms with Crippen molar-refractivity contribution >= 4 is 49.6 Å². The van der Waals surface area contributed by atoms with Crippen LogP contribution in [0.2, 0.25) is 0 Å². The number of hydrogen-bond acceptors (Lipinski definition) is 11. The number of carbonyl (C=O) groups excluding carboxylic acids is 1. The van der Waals surface area contributed by atoms with Crippen LogP contribution in [-0.4, -0.2) is 45.3 Å². The molecule has 37 heavy (non-hydrogen) atoms. The summed E-state index contributed by atoms with van der Waals surface area (Å²) in [6.45, 7) is 8.02. The van der Waals surface area contributed by atoms with Gasteiger partial charge in [0, 0.05) is 12.1 Å². The Bertz CT molecular complexity index is 1210. The summed E-state index contributed by atoms with van der Waals surface area (Å²) >= 11 is 1.42. The largest absolute Gasteiger partial charge is 0.436 e. The lowest BCUT2D eigenvalue weighted by molar-refractivity contribution is -0.111. The van der Waals surface area contributed by atoms with Gasteiger partial charge >= 0.3 is 8.53 Å². The van der Waals surface area contributed by atoms with Crippen LogP contribution in [0.4, 0.5) is 11.8 Å². The number of nitrogen functional groups attached to an aromatic ring is 1. The number of hydrogen-bond donors (Lipinski definition) is 4. The number of ether oxygens (including phenoxy) is 1. The number of aldehydes is 1. The number of benzene rings is 1. The molecule has 13 heteroatoms. The van der Waals surface area contributed by atoms with E-state index in [1.54, 1.807) is 13.8 Å². The van der Waals surface area contributed by atoms with E-state index < -0.39 is 14.1 Å². The Balaban J connectivity index is 1.46. The molecule has 0 spiro atoms. The first kappa shape index (κ1) is 27.6. The molecule has 11 nitrogen and oxygen atoms in total. The minimum atomic E-state index is -1.60. The van der Waals surface area contributed by atoms with E-state index in [4.69, 9.17) is 19.5 Å². The molecule has 1 fully saturated rings. The van der Waals surface area contributed by atoms with Crippen molar-refractivity contribution in [2.24, 2.45) is 5.92 Å². The summed E-state index contributed by atoms with van der Waals surface area (Å²) in [5.74, 6) is 1.64. The zero-order valence-electron chi connectivity index (χ0n) is 21.6. The third-order valence-electron chi connectivity index (χ3n) is 5.85. The lowest BCUT2D eigenvalue weighted by Gasteiger charge is -2.26. The number of nitrogens with zero attached hydrogens (tertiary/aromatic N) is 3. The Morgan fingerprint density at radius 2 is 2.05 bits per heavy atom. The van der Waals surface area contributed by atoms with Crippen LogP contribution in [0.25, 0.3) is 11.0 Å². The summed E-state index contributed by atoms with van der Waals surface area (Å²) in [5, 5.41) is 4.01. The van der Waals surface area contributed by atoms with Gasteiger partial charge in [0.15, 0.2) is 5.82 Å². The summed E-state index contributed by atoms with van der Waals surface area (Å²) in [6, 6.07) is 9.65. The number of anilines is 2. The standard InChI is InChI=1S/C24H34N7O4PS/c1-15-6-8-17(9-7-15)35-36(29-24(3,4)14-32)33-13-18-12-16(2)22(34-18)31-11-10-19-20(28-30-37-5)26-23(25)27-21(19)31/h6-11,14,16,18,22,29-30H,12-13H2,1-5H3,(H3,25,26,27,28). The van der Waals surface area contributed by atoms with Crippen LogP contribution < -0.4 is 25.6 Å². The maximum atomic E-state index is 11.5. The second-order valence-electron chi connectivity index (χ2n) is 9.59. The summed E-state index contributed by atoms with van der Waals surface area (Å²) < 4.78 is 20.6. The molecule has 4 rings (SSSR count). The van der Waals surface area contributed by atoms with Crippen LogP contribution in [0.1, 0.15) is 39.0 Å². The van der Waals surface area contributed by atoms with Gasteiger partial charge in [-0.15, -0.1) is 0 Å². The van der Waals surface area contributed by atoms with Gasteiger partial charge in [-0.1, -0.05) is 36.6 Å². The third-order valence-corrected chi connectivity index (χ3v) is 7.67. The van der Waals surface area contributed by atoms with Crippen molar-refractivity contribution in [1.82, 2.24) is 24.5 Å². The Kier molecular flexibility index (Phi) is 8.89. The molecule has 0 saturated carbocycles. The maximum Gasteiger partial charge on any atom is 0.319 e. The number of rotatable bonds is 12. The van der Waals surface area contributed by atoms with Gasteiger partial charge in [-0.05, 0) is 51.6 Å². The molecule has 1 aliphatic rings. The molecular weight excluding hydrogens is 513 g/mol. The summed E-state index contributed by atoms with van der Waals surface area (Å²) in [4.78, 5) is 23.3. The van der Waals surface area contributed by atoms with E-state index in [-0.39, 0.29) is 24.2 Å². The third kappa shape index (κ3) is 6.90. The summed E-state index contributed by atoms with van der Waals surface area (Å²) in [6.07, 6.45) is 5.06. The lowest BCUT2D eigenvalue weighted by Crippen LogP contribution is -2.38. The highest BCUT2D eigenvalue weighted by molar-refractivity contribution is 7.96. The minimum absolute atomic E-state index is 0.167. The van der Waals surface area contributed by atoms with Gasteiger partial charge in [-0.2, -0.15) is 14.8 Å². The van der Waals surface area contributed by atoms with Gasteiger partial charge in [-0.25, -0.2) is 5.09 Å². The molecule has 0 amide bonds. The summed E-state index contributed by atoms with van der Waals surface area (Å²) in [5.41, 5.74) is 10.0. The molecule has 1 saturated heterocycles. The van der Waals surface area contributed by atoms with Gasteiger partial charge < -0.3 is 28.9 Å². The van der Waals surface area contributed by atoms with Crippen molar-refractivity contribution < 1.29 is 18.6 Å². The SMILES string of the molecule is CSNNc1nc(N)nc2c1ccn2C1OC(COP(NC(C)(C)C=O)Oc2ccc(C)cc2)CC1C. The van der Waals surface area contributed by atoms with Gasteiger partial charge in [0.2, 0.25) is 5.95 Å². The molecule has 0 bridgehead atoms. The Morgan fingerprint density at radius 1 is 1.30 bits per heavy atom. The van der Waals surface area contributed by atoms with Crippen LogP contribution >= 0.6 is 20.5 Å². The van der Waals surface area contributed by atoms with Crippen molar-refractivity contribution in [2.75, 3.05) is 24.0 Å². The number of fused-ring (bicyclic) bond motifs is 1. The van der Waals surface area contributed by atoms with Gasteiger partial charge in [0.1, 0.15) is 23.9 Å². The molecule has 0 aliphatic carbocycles. The van der Waals surface area contributed by atoms with Crippen LogP contribution in [0.3, 0.4) is 0 Å². The predicted molar refractivity (Wildman–Crippen MR) is 148 cm³/mol. The minimum Gasteiger partial charge on any atom is -0.436 e. The number of carbonyl (C=O) groups is 1. The van der Waals surface area contributed by atoms with Crippen molar-refractivity contribution in [3.63, 3.8) is 0 Å². The fraction of sp³-hybridized carbons (Fsp3) is 0.458. The van der Waals surface area contributed by atoms with Crippen molar-refractivity contribution in [2.45, 2.75) is 52.0 Å². The molecule has 3 aromatic rings. The van der Waals surface area contributed by atoms with Gasteiger partial charge in [-0.3, -0.25) is 5.43 Å². The molecule has 0 radical (unpaired) electrons. The smallest absolute Gasteiger partial charge is 0.319 e. The molecule has 3 heterocycles. The molecule has 4 atom stereocenters. The van der Waals surface area contributed by atoms with E-state index >= 15 is 0 Å². The first-order chi connectivity index (χ1) is 17.7. The van der Waals surface area contributed by atoms with Crippen LogP contribution in [0, 0.1) is 12.8 Å². The fourth-order valence-corrected chi connectivity index (χ4v) is 5.50. The molecule has 5 N–H and O–H groups in total. The number of aromatic nitrogens is 3. The zero-order chi connectivity index (χ0) is 26.6. The van der Waals surface area contributed by atoms with Gasteiger partial charge in [0.25, 0.3) is 0 Å². The predicted octanol–water partition coefficient (Wildman–Crippen LogP) is 4.33. The van der Waals surface area contributed by atoms with Gasteiger partial charge in [0.05, 0.1) is 23.6 Å². The topological polar surface area (TPSA) is 138 Å². The monoisotopic (exact) mass is 547 g/mol.